The van der Waals surface area contributed by atoms with E-state index in [-0.39, 0.29) is 6.54 Å². The minimum Gasteiger partial charge on any atom is -0.493 e. The summed E-state index contributed by atoms with van der Waals surface area (Å²) < 4.78 is 35.1. The molecule has 1 atom stereocenters. The van der Waals surface area contributed by atoms with Crippen molar-refractivity contribution in [1.82, 2.24) is 34.2 Å². The first kappa shape index (κ1) is 20.8. The third kappa shape index (κ3) is 4.35. The molecule has 0 fully saturated rings. The van der Waals surface area contributed by atoms with Gasteiger partial charge in [-0.05, 0) is 25.1 Å². The van der Waals surface area contributed by atoms with Gasteiger partial charge in [-0.1, -0.05) is 6.07 Å². The molecule has 2 N–H and O–H groups in total. The molecule has 1 unspecified atom stereocenters. The summed E-state index contributed by atoms with van der Waals surface area (Å²) in [5, 5.41) is 0. The van der Waals surface area contributed by atoms with E-state index in [1.165, 1.54) is 6.20 Å². The quantitative estimate of drug-likeness (QED) is 0.393. The van der Waals surface area contributed by atoms with E-state index in [0.717, 1.165) is 0 Å². The molecule has 4 aromatic heterocycles. The molecule has 0 saturated carbocycles. The zero-order valence-electron chi connectivity index (χ0n) is 16.7. The summed E-state index contributed by atoms with van der Waals surface area (Å²) in [7, 11) is 1.55. The maximum absolute atomic E-state index is 11.0. The molecule has 0 radical (unpaired) electrons. The number of imidazole rings is 1. The molecule has 0 aliphatic heterocycles. The number of rotatable bonds is 8. The Kier molecular flexibility index (Phi) is 6.11. The van der Waals surface area contributed by atoms with Crippen LogP contribution < -0.4 is 14.2 Å². The van der Waals surface area contributed by atoms with E-state index in [1.54, 1.807) is 42.1 Å². The molecule has 0 aromatic carbocycles. The average Bonchev–Trinajstić information content (AvgIpc) is 3.16. The highest BCUT2D eigenvalue weighted by Crippen LogP contribution is 2.30. The largest absolute Gasteiger partial charge is 0.493 e. The van der Waals surface area contributed by atoms with Crippen molar-refractivity contribution < 1.29 is 18.2 Å². The van der Waals surface area contributed by atoms with Crippen molar-refractivity contribution in [3.05, 3.63) is 48.4 Å². The van der Waals surface area contributed by atoms with Crippen LogP contribution >= 0.6 is 0 Å². The fourth-order valence-corrected chi connectivity index (χ4v) is 3.23. The number of nitrogens with one attached hydrogen (secondary N) is 1. The molecule has 0 aliphatic carbocycles. The van der Waals surface area contributed by atoms with Crippen LogP contribution in [0.5, 0.6) is 11.6 Å². The van der Waals surface area contributed by atoms with Crippen LogP contribution in [0, 0.1) is 0 Å². The van der Waals surface area contributed by atoms with E-state index in [0.29, 0.717) is 52.6 Å². The predicted octanol–water partition coefficient (Wildman–Crippen LogP) is 1.91. The summed E-state index contributed by atoms with van der Waals surface area (Å²) in [6, 6.07) is 8.91. The van der Waals surface area contributed by atoms with Crippen LogP contribution in [0.3, 0.4) is 0 Å². The van der Waals surface area contributed by atoms with Gasteiger partial charge in [-0.25, -0.2) is 33.9 Å². The first-order valence-electron chi connectivity index (χ1n) is 9.29. The molecule has 4 heterocycles. The third-order valence-corrected chi connectivity index (χ3v) is 4.62. The van der Waals surface area contributed by atoms with Crippen LogP contribution in [0.15, 0.2) is 42.7 Å². The van der Waals surface area contributed by atoms with E-state index in [4.69, 9.17) is 14.0 Å². The highest BCUT2D eigenvalue weighted by Gasteiger charge is 2.21. The van der Waals surface area contributed by atoms with Gasteiger partial charge in [-0.3, -0.25) is 9.12 Å². The number of nitrogens with zero attached hydrogens (tertiary/aromatic N) is 6. The van der Waals surface area contributed by atoms with Crippen molar-refractivity contribution in [2.45, 2.75) is 13.5 Å². The normalized spacial score (nSPS) is 12.1. The number of aromatic nitrogens is 6. The Balaban J connectivity index is 1.95. The fourth-order valence-electron chi connectivity index (χ4n) is 2.96. The molecule has 31 heavy (non-hydrogen) atoms. The van der Waals surface area contributed by atoms with Gasteiger partial charge >= 0.3 is 0 Å². The number of fused-ring (bicyclic) bond motifs is 1. The first-order valence-corrected chi connectivity index (χ1v) is 10.4. The minimum atomic E-state index is -2.17. The SMILES string of the molecule is CCOc1cccc(-c2nc3ncc(CNS(=O)O)nc3n2-c2ncccc2OC)n1. The number of pyridine rings is 2. The monoisotopic (exact) mass is 441 g/mol. The van der Waals surface area contributed by atoms with Crippen LogP contribution in [0.2, 0.25) is 0 Å². The molecule has 0 aliphatic rings. The van der Waals surface area contributed by atoms with Crippen molar-refractivity contribution in [1.29, 1.82) is 0 Å². The van der Waals surface area contributed by atoms with E-state index >= 15 is 0 Å². The standard InChI is InChI=1S/C19H19N7O4S/c1-3-30-15-8-4-6-13(24-15)17-25-16-19(23-12(10-21-16)11-22-31(27)28)26(17)18-14(29-2)7-5-9-20-18/h4-10,22H,3,11H2,1-2H3,(H,27,28). The first-order chi connectivity index (χ1) is 15.1. The average molecular weight is 441 g/mol. The van der Waals surface area contributed by atoms with Gasteiger partial charge in [-0.15, -0.1) is 0 Å². The van der Waals surface area contributed by atoms with Gasteiger partial charge in [0.05, 0.1) is 32.2 Å². The molecular formula is C19H19N7O4S. The molecule has 11 nitrogen and oxygen atoms in total. The Morgan fingerprint density at radius 1 is 1.16 bits per heavy atom. The smallest absolute Gasteiger partial charge is 0.232 e. The summed E-state index contributed by atoms with van der Waals surface area (Å²) in [4.78, 5) is 22.6. The number of methoxy groups -OCH3 is 1. The number of hydrogen-bond acceptors (Lipinski definition) is 8. The van der Waals surface area contributed by atoms with Gasteiger partial charge in [0, 0.05) is 12.3 Å². The molecule has 0 amide bonds. The summed E-state index contributed by atoms with van der Waals surface area (Å²) in [6.07, 6.45) is 3.12. The van der Waals surface area contributed by atoms with E-state index in [9.17, 15) is 4.21 Å². The highest BCUT2D eigenvalue weighted by atomic mass is 32.2. The van der Waals surface area contributed by atoms with Crippen molar-refractivity contribution in [3.8, 4) is 29.0 Å². The summed E-state index contributed by atoms with van der Waals surface area (Å²) in [5.41, 5.74) is 1.75. The fraction of sp³-hybridized carbons (Fsp3) is 0.211. The lowest BCUT2D eigenvalue weighted by atomic mass is 10.3. The Bertz CT molecular complexity index is 1250. The number of ether oxygens (including phenoxy) is 2. The van der Waals surface area contributed by atoms with E-state index in [1.807, 2.05) is 13.0 Å². The molecule has 4 aromatic rings. The van der Waals surface area contributed by atoms with Crippen molar-refractivity contribution >= 4 is 22.6 Å². The topological polar surface area (TPSA) is 137 Å². The Morgan fingerprint density at radius 2 is 2.03 bits per heavy atom. The van der Waals surface area contributed by atoms with E-state index in [2.05, 4.69) is 29.6 Å². The number of hydrogen-bond donors (Lipinski definition) is 2. The van der Waals surface area contributed by atoms with Gasteiger partial charge in [0.1, 0.15) is 5.69 Å². The van der Waals surface area contributed by atoms with Crippen LogP contribution in [-0.4, -0.2) is 52.0 Å². The Hall–Kier alpha value is -3.48. The second-order valence-electron chi connectivity index (χ2n) is 6.17. The summed E-state index contributed by atoms with van der Waals surface area (Å²) in [6.45, 7) is 2.40. The highest BCUT2D eigenvalue weighted by molar-refractivity contribution is 7.77. The second-order valence-corrected chi connectivity index (χ2v) is 6.96. The summed E-state index contributed by atoms with van der Waals surface area (Å²) in [5.74, 6) is 1.87. The van der Waals surface area contributed by atoms with Gasteiger partial charge in [0.15, 0.2) is 28.7 Å². The van der Waals surface area contributed by atoms with Crippen molar-refractivity contribution in [2.75, 3.05) is 13.7 Å². The molecule has 0 bridgehead atoms. The van der Waals surface area contributed by atoms with Gasteiger partial charge < -0.3 is 9.47 Å². The minimum absolute atomic E-state index is 0.0456. The molecule has 4 rings (SSSR count). The molecule has 0 saturated heterocycles. The molecule has 12 heteroatoms. The summed E-state index contributed by atoms with van der Waals surface area (Å²) >= 11 is -2.17. The Labute approximate surface area is 179 Å². The van der Waals surface area contributed by atoms with Crippen LogP contribution in [0.1, 0.15) is 12.6 Å². The van der Waals surface area contributed by atoms with Crippen LogP contribution in [-0.2, 0) is 17.8 Å². The van der Waals surface area contributed by atoms with Gasteiger partial charge in [0.25, 0.3) is 0 Å². The van der Waals surface area contributed by atoms with Crippen molar-refractivity contribution in [3.63, 3.8) is 0 Å². The van der Waals surface area contributed by atoms with Crippen molar-refractivity contribution in [2.24, 2.45) is 0 Å². The van der Waals surface area contributed by atoms with E-state index < -0.39 is 11.3 Å². The maximum Gasteiger partial charge on any atom is 0.232 e. The Morgan fingerprint density at radius 3 is 2.81 bits per heavy atom. The lowest BCUT2D eigenvalue weighted by molar-refractivity contribution is 0.327. The second kappa shape index (κ2) is 9.12. The van der Waals surface area contributed by atoms with Gasteiger partial charge in [0.2, 0.25) is 17.1 Å². The maximum atomic E-state index is 11.0. The molecule has 160 valence electrons. The van der Waals surface area contributed by atoms with Crippen LogP contribution in [0.25, 0.3) is 28.6 Å². The lowest BCUT2D eigenvalue weighted by Crippen LogP contribution is -2.16. The van der Waals surface area contributed by atoms with Crippen LogP contribution in [0.4, 0.5) is 0 Å². The zero-order chi connectivity index (χ0) is 21.8. The predicted molar refractivity (Wildman–Crippen MR) is 113 cm³/mol. The lowest BCUT2D eigenvalue weighted by Gasteiger charge is -2.12. The third-order valence-electron chi connectivity index (χ3n) is 4.22. The molecule has 0 spiro atoms. The molecular weight excluding hydrogens is 422 g/mol. The van der Waals surface area contributed by atoms with Gasteiger partial charge in [-0.2, -0.15) is 0 Å². The zero-order valence-corrected chi connectivity index (χ0v) is 17.5.